The van der Waals surface area contributed by atoms with Crippen LogP contribution >= 0.6 is 0 Å². The maximum atomic E-state index is 13.6. The van der Waals surface area contributed by atoms with Gasteiger partial charge in [-0.1, -0.05) is 0 Å². The van der Waals surface area contributed by atoms with Crippen LogP contribution in [0, 0.1) is 5.82 Å². The molecular formula is C11H13FN4O3S. The minimum absolute atomic E-state index is 0.00661. The molecule has 0 atom stereocenters. The van der Waals surface area contributed by atoms with Gasteiger partial charge in [-0.15, -0.1) is 0 Å². The summed E-state index contributed by atoms with van der Waals surface area (Å²) in [5.41, 5.74) is 5.50. The molecular weight excluding hydrogens is 287 g/mol. The number of H-pyrrole nitrogens is 1. The topological polar surface area (TPSA) is 110 Å². The predicted molar refractivity (Wildman–Crippen MR) is 70.2 cm³/mol. The van der Waals surface area contributed by atoms with Crippen molar-refractivity contribution in [3.8, 4) is 5.75 Å². The van der Waals surface area contributed by atoms with Crippen LogP contribution in [0.5, 0.6) is 5.75 Å². The van der Waals surface area contributed by atoms with Crippen LogP contribution in [0.1, 0.15) is 5.56 Å². The summed E-state index contributed by atoms with van der Waals surface area (Å²) in [7, 11) is -2.61. The van der Waals surface area contributed by atoms with Crippen molar-refractivity contribution in [2.24, 2.45) is 5.73 Å². The first-order valence-electron chi connectivity index (χ1n) is 5.56. The smallest absolute Gasteiger partial charge is 0.279 e. The van der Waals surface area contributed by atoms with Crippen molar-refractivity contribution >= 4 is 15.7 Å². The number of benzene rings is 1. The number of halogens is 1. The van der Waals surface area contributed by atoms with Gasteiger partial charge in [-0.05, 0) is 12.1 Å². The molecule has 0 spiro atoms. The number of aromatic nitrogens is 2. The van der Waals surface area contributed by atoms with Crippen LogP contribution < -0.4 is 15.2 Å². The maximum absolute atomic E-state index is 13.6. The van der Waals surface area contributed by atoms with E-state index in [9.17, 15) is 12.8 Å². The first-order chi connectivity index (χ1) is 9.47. The van der Waals surface area contributed by atoms with Crippen LogP contribution in [0.4, 0.5) is 10.1 Å². The molecule has 0 aliphatic rings. The van der Waals surface area contributed by atoms with Crippen molar-refractivity contribution in [2.45, 2.75) is 11.6 Å². The van der Waals surface area contributed by atoms with Crippen LogP contribution in [0.3, 0.4) is 0 Å². The quantitative estimate of drug-likeness (QED) is 0.757. The summed E-state index contributed by atoms with van der Waals surface area (Å²) in [6, 6.07) is 3.73. The van der Waals surface area contributed by atoms with E-state index >= 15 is 0 Å². The normalized spacial score (nSPS) is 11.3. The van der Waals surface area contributed by atoms with Crippen molar-refractivity contribution in [2.75, 3.05) is 11.8 Å². The molecule has 0 unspecified atom stereocenters. The lowest BCUT2D eigenvalue weighted by Gasteiger charge is -2.10. The third-order valence-corrected chi connectivity index (χ3v) is 3.96. The van der Waals surface area contributed by atoms with Crippen LogP contribution in [-0.2, 0) is 16.6 Å². The summed E-state index contributed by atoms with van der Waals surface area (Å²) < 4.78 is 45.0. The first-order valence-corrected chi connectivity index (χ1v) is 7.05. The van der Waals surface area contributed by atoms with E-state index in [0.29, 0.717) is 11.3 Å². The Hall–Kier alpha value is -2.13. The highest BCUT2D eigenvalue weighted by Gasteiger charge is 2.21. The molecule has 0 radical (unpaired) electrons. The van der Waals surface area contributed by atoms with Crippen LogP contribution in [0.2, 0.25) is 0 Å². The molecule has 2 rings (SSSR count). The van der Waals surface area contributed by atoms with E-state index in [1.165, 1.54) is 25.4 Å². The zero-order chi connectivity index (χ0) is 14.8. The minimum Gasteiger partial charge on any atom is -0.497 e. The molecule has 1 heterocycles. The molecule has 7 nitrogen and oxygen atoms in total. The van der Waals surface area contributed by atoms with Crippen molar-refractivity contribution in [3.05, 3.63) is 35.8 Å². The van der Waals surface area contributed by atoms with Gasteiger partial charge < -0.3 is 10.5 Å². The molecule has 20 heavy (non-hydrogen) atoms. The number of sulfonamides is 1. The molecule has 9 heteroatoms. The SMILES string of the molecule is COc1ccc(F)c(NS(=O)(=O)c2[nH]ncc2CN)c1. The van der Waals surface area contributed by atoms with Gasteiger partial charge in [-0.3, -0.25) is 9.82 Å². The van der Waals surface area contributed by atoms with Crippen molar-refractivity contribution in [3.63, 3.8) is 0 Å². The first kappa shape index (κ1) is 14.3. The van der Waals surface area contributed by atoms with Gasteiger partial charge in [0.05, 0.1) is 19.0 Å². The average molecular weight is 300 g/mol. The fourth-order valence-electron chi connectivity index (χ4n) is 1.58. The Labute approximate surface area is 115 Å². The second-order valence-corrected chi connectivity index (χ2v) is 5.50. The molecule has 0 saturated carbocycles. The van der Waals surface area contributed by atoms with Gasteiger partial charge in [-0.2, -0.15) is 13.5 Å². The van der Waals surface area contributed by atoms with Gasteiger partial charge in [0.25, 0.3) is 10.0 Å². The van der Waals surface area contributed by atoms with Gasteiger partial charge >= 0.3 is 0 Å². The Kier molecular flexibility index (Phi) is 3.91. The Morgan fingerprint density at radius 2 is 2.25 bits per heavy atom. The lowest BCUT2D eigenvalue weighted by atomic mass is 10.3. The summed E-state index contributed by atoms with van der Waals surface area (Å²) in [6.45, 7) is -0.00661. The Balaban J connectivity index is 2.38. The van der Waals surface area contributed by atoms with Crippen molar-refractivity contribution in [1.29, 1.82) is 0 Å². The van der Waals surface area contributed by atoms with Gasteiger partial charge in [0.15, 0.2) is 5.03 Å². The summed E-state index contributed by atoms with van der Waals surface area (Å²) in [4.78, 5) is 0. The summed E-state index contributed by atoms with van der Waals surface area (Å²) in [6.07, 6.45) is 1.30. The van der Waals surface area contributed by atoms with Crippen LogP contribution in [0.25, 0.3) is 0 Å². The van der Waals surface area contributed by atoms with Gasteiger partial charge in [0, 0.05) is 18.2 Å². The lowest BCUT2D eigenvalue weighted by molar-refractivity contribution is 0.414. The number of nitrogens with one attached hydrogen (secondary N) is 2. The minimum atomic E-state index is -4.00. The largest absolute Gasteiger partial charge is 0.497 e. The lowest BCUT2D eigenvalue weighted by Crippen LogP contribution is -2.17. The molecule has 0 aliphatic heterocycles. The van der Waals surface area contributed by atoms with E-state index in [1.807, 2.05) is 0 Å². The summed E-state index contributed by atoms with van der Waals surface area (Å²) in [5, 5.41) is 5.75. The maximum Gasteiger partial charge on any atom is 0.279 e. The molecule has 0 aliphatic carbocycles. The Bertz CT molecular complexity index is 714. The van der Waals surface area contributed by atoms with Gasteiger partial charge in [-0.25, -0.2) is 4.39 Å². The van der Waals surface area contributed by atoms with E-state index < -0.39 is 15.8 Å². The van der Waals surface area contributed by atoms with Crippen molar-refractivity contribution < 1.29 is 17.5 Å². The van der Waals surface area contributed by atoms with E-state index in [1.54, 1.807) is 0 Å². The fourth-order valence-corrected chi connectivity index (χ4v) is 2.78. The zero-order valence-electron chi connectivity index (χ0n) is 10.6. The standard InChI is InChI=1S/C11H13FN4O3S/c1-19-8-2-3-9(12)10(4-8)16-20(17,18)11-7(5-13)6-14-15-11/h2-4,6,16H,5,13H2,1H3,(H,14,15). The van der Waals surface area contributed by atoms with E-state index in [0.717, 1.165) is 6.07 Å². The number of rotatable bonds is 5. The molecule has 0 fully saturated rings. The van der Waals surface area contributed by atoms with Gasteiger partial charge in [0.2, 0.25) is 0 Å². The van der Waals surface area contributed by atoms with E-state index in [-0.39, 0.29) is 17.3 Å². The molecule has 2 aromatic rings. The van der Waals surface area contributed by atoms with E-state index in [4.69, 9.17) is 10.5 Å². The average Bonchev–Trinajstić information content (AvgIpc) is 2.90. The Morgan fingerprint density at radius 3 is 2.90 bits per heavy atom. The van der Waals surface area contributed by atoms with Gasteiger partial charge in [0.1, 0.15) is 11.6 Å². The number of nitrogens with two attached hydrogens (primary N) is 1. The summed E-state index contributed by atoms with van der Waals surface area (Å²) in [5.74, 6) is -0.393. The van der Waals surface area contributed by atoms with Crippen LogP contribution in [0.15, 0.2) is 29.4 Å². The number of hydrogen-bond acceptors (Lipinski definition) is 5. The van der Waals surface area contributed by atoms with Crippen LogP contribution in [-0.4, -0.2) is 25.7 Å². The van der Waals surface area contributed by atoms with Crippen molar-refractivity contribution in [1.82, 2.24) is 10.2 Å². The third-order valence-electron chi connectivity index (χ3n) is 2.58. The molecule has 0 amide bonds. The monoisotopic (exact) mass is 300 g/mol. The molecule has 4 N–H and O–H groups in total. The number of aromatic amines is 1. The zero-order valence-corrected chi connectivity index (χ0v) is 11.4. The number of nitrogens with zero attached hydrogens (tertiary/aromatic N) is 1. The Morgan fingerprint density at radius 1 is 1.50 bits per heavy atom. The molecule has 1 aromatic carbocycles. The highest BCUT2D eigenvalue weighted by Crippen LogP contribution is 2.24. The van der Waals surface area contributed by atoms with E-state index in [2.05, 4.69) is 14.9 Å². The third kappa shape index (κ3) is 2.73. The number of anilines is 1. The second kappa shape index (κ2) is 5.47. The fraction of sp³-hybridized carbons (Fsp3) is 0.182. The number of methoxy groups -OCH3 is 1. The summed E-state index contributed by atoms with van der Waals surface area (Å²) >= 11 is 0. The second-order valence-electron chi connectivity index (χ2n) is 3.88. The molecule has 0 bridgehead atoms. The number of ether oxygens (including phenoxy) is 1. The molecule has 1 aromatic heterocycles. The molecule has 0 saturated heterocycles. The highest BCUT2D eigenvalue weighted by atomic mass is 32.2. The molecule has 108 valence electrons. The predicted octanol–water partition coefficient (Wildman–Crippen LogP) is 0.817. The highest BCUT2D eigenvalue weighted by molar-refractivity contribution is 7.92. The number of hydrogen-bond donors (Lipinski definition) is 3.